The fraction of sp³-hybridized carbons (Fsp3) is 0.348. The van der Waals surface area contributed by atoms with E-state index in [1.165, 1.54) is 0 Å². The summed E-state index contributed by atoms with van der Waals surface area (Å²) in [4.78, 5) is 7.57. The van der Waals surface area contributed by atoms with Gasteiger partial charge in [0.1, 0.15) is 5.82 Å². The fourth-order valence-corrected chi connectivity index (χ4v) is 5.63. The molecule has 5 N–H and O–H groups in total. The Morgan fingerprint density at radius 3 is 2.74 bits per heavy atom. The van der Waals surface area contributed by atoms with E-state index in [0.717, 1.165) is 33.5 Å². The summed E-state index contributed by atoms with van der Waals surface area (Å²) in [6.07, 6.45) is -0.867. The predicted octanol–water partition coefficient (Wildman–Crippen LogP) is 4.00. The molecule has 2 heterocycles. The zero-order valence-electron chi connectivity index (χ0n) is 17.7. The lowest BCUT2D eigenvalue weighted by Gasteiger charge is -2.32. The predicted molar refractivity (Wildman–Crippen MR) is 126 cm³/mol. The third-order valence-electron chi connectivity index (χ3n) is 5.79. The maximum Gasteiger partial charge on any atom is 0.131 e. The molecule has 0 saturated heterocycles. The number of pyridine rings is 1. The second kappa shape index (κ2) is 8.64. The van der Waals surface area contributed by atoms with E-state index in [0.29, 0.717) is 11.4 Å². The number of rotatable bonds is 5. The molecule has 0 aliphatic carbocycles. The zero-order valence-corrected chi connectivity index (χ0v) is 18.5. The second-order valence-electron chi connectivity index (χ2n) is 8.04. The summed E-state index contributed by atoms with van der Waals surface area (Å²) < 4.78 is 21.5. The van der Waals surface area contributed by atoms with Gasteiger partial charge in [0.05, 0.1) is 34.9 Å². The molecule has 1 aliphatic heterocycles. The first-order chi connectivity index (χ1) is 14.8. The van der Waals surface area contributed by atoms with Crippen molar-refractivity contribution in [2.45, 2.75) is 30.9 Å². The van der Waals surface area contributed by atoms with Crippen LogP contribution in [0.4, 0.5) is 11.5 Å². The van der Waals surface area contributed by atoms with Gasteiger partial charge in [-0.05, 0) is 37.6 Å². The van der Waals surface area contributed by atoms with E-state index in [-0.39, 0.29) is 24.9 Å². The summed E-state index contributed by atoms with van der Waals surface area (Å²) in [5, 5.41) is 23.2. The van der Waals surface area contributed by atoms with Gasteiger partial charge in [-0.3, -0.25) is 9.11 Å². The first-order valence-corrected chi connectivity index (χ1v) is 12.1. The van der Waals surface area contributed by atoms with Crippen molar-refractivity contribution in [2.24, 2.45) is 0 Å². The topological polar surface area (TPSA) is 109 Å². The third kappa shape index (κ3) is 4.35. The van der Waals surface area contributed by atoms with Gasteiger partial charge in [0, 0.05) is 30.2 Å². The number of nitrogens with zero attached hydrogens (tertiary/aromatic N) is 2. The number of aliphatic hydroxyl groups excluding tert-OH is 2. The molecule has 1 aromatic heterocycles. The van der Waals surface area contributed by atoms with Crippen LogP contribution in [0.2, 0.25) is 0 Å². The van der Waals surface area contributed by atoms with Crippen molar-refractivity contribution >= 4 is 33.0 Å². The third-order valence-corrected chi connectivity index (χ3v) is 7.62. The highest BCUT2D eigenvalue weighted by Crippen LogP contribution is 2.53. The van der Waals surface area contributed by atoms with E-state index in [4.69, 9.17) is 4.98 Å². The molecule has 166 valence electrons. The van der Waals surface area contributed by atoms with Crippen molar-refractivity contribution in [3.8, 4) is 0 Å². The Hall–Kier alpha value is -2.36. The molecule has 2 atom stereocenters. The van der Waals surface area contributed by atoms with Crippen LogP contribution in [0.5, 0.6) is 0 Å². The highest BCUT2D eigenvalue weighted by Gasteiger charge is 2.31. The van der Waals surface area contributed by atoms with Gasteiger partial charge in [0.2, 0.25) is 0 Å². The minimum Gasteiger partial charge on any atom is -0.394 e. The van der Waals surface area contributed by atoms with E-state index in [1.807, 2.05) is 56.3 Å². The van der Waals surface area contributed by atoms with Gasteiger partial charge in [-0.1, -0.05) is 29.8 Å². The van der Waals surface area contributed by atoms with Crippen molar-refractivity contribution in [3.05, 3.63) is 59.7 Å². The van der Waals surface area contributed by atoms with Crippen LogP contribution in [-0.4, -0.2) is 55.9 Å². The molecule has 8 heteroatoms. The van der Waals surface area contributed by atoms with Gasteiger partial charge in [0.15, 0.2) is 0 Å². The number of hydrogen-bond donors (Lipinski definition) is 5. The Labute approximate surface area is 183 Å². The SMILES string of the molecule is Cc1ccc2nc(N3CCS(O)(O)c4ccccc4C3C)cc(NCC(O)CO)c2c1. The fourth-order valence-electron chi connectivity index (χ4n) is 4.04. The lowest BCUT2D eigenvalue weighted by Crippen LogP contribution is -2.29. The standard InChI is InChI=1S/C23H29N3O4S/c1-15-7-8-20-19(11-15)21(24-13-17(28)14-27)12-23(25-20)26-9-10-31(29,30)22-6-4-3-5-18(22)16(26)2/h3-8,11-12,16-17,27-30H,9-10,13-14H2,1-2H3,(H,24,25). The van der Waals surface area contributed by atoms with Crippen LogP contribution in [0.1, 0.15) is 24.1 Å². The van der Waals surface area contributed by atoms with E-state index in [2.05, 4.69) is 10.2 Å². The Kier molecular flexibility index (Phi) is 6.09. The van der Waals surface area contributed by atoms with Crippen LogP contribution in [0.15, 0.2) is 53.4 Å². The van der Waals surface area contributed by atoms with Gasteiger partial charge in [-0.2, -0.15) is 10.6 Å². The molecule has 2 unspecified atom stereocenters. The number of hydrogen-bond acceptors (Lipinski definition) is 7. The first kappa shape index (κ1) is 21.9. The molecule has 0 radical (unpaired) electrons. The normalized spacial score (nSPS) is 20.1. The van der Waals surface area contributed by atoms with Gasteiger partial charge in [-0.25, -0.2) is 4.98 Å². The molecular weight excluding hydrogens is 414 g/mol. The number of aromatic nitrogens is 1. The van der Waals surface area contributed by atoms with E-state index < -0.39 is 16.7 Å². The second-order valence-corrected chi connectivity index (χ2v) is 10.2. The smallest absolute Gasteiger partial charge is 0.131 e. The van der Waals surface area contributed by atoms with Crippen LogP contribution in [0.25, 0.3) is 10.9 Å². The highest BCUT2D eigenvalue weighted by atomic mass is 32.3. The molecule has 3 aromatic rings. The summed E-state index contributed by atoms with van der Waals surface area (Å²) >= 11 is 0. The maximum atomic E-state index is 10.7. The molecule has 0 spiro atoms. The summed E-state index contributed by atoms with van der Waals surface area (Å²) in [6, 6.07) is 15.3. The Balaban J connectivity index is 1.79. The van der Waals surface area contributed by atoms with Crippen LogP contribution in [0, 0.1) is 6.92 Å². The summed E-state index contributed by atoms with van der Waals surface area (Å²) in [5.74, 6) is 0.949. The number of aryl methyl sites for hydroxylation is 1. The largest absolute Gasteiger partial charge is 0.394 e. The minimum absolute atomic E-state index is 0.101. The van der Waals surface area contributed by atoms with Crippen LogP contribution >= 0.6 is 10.6 Å². The molecular formula is C23H29N3O4S. The molecule has 0 saturated carbocycles. The highest BCUT2D eigenvalue weighted by molar-refractivity contribution is 8.24. The minimum atomic E-state index is -2.88. The summed E-state index contributed by atoms with van der Waals surface area (Å²) in [6.45, 7) is 4.39. The lowest BCUT2D eigenvalue weighted by atomic mass is 10.1. The number of benzene rings is 2. The van der Waals surface area contributed by atoms with Crippen molar-refractivity contribution in [2.75, 3.05) is 35.7 Å². The summed E-state index contributed by atoms with van der Waals surface area (Å²) in [7, 11) is -2.88. The average Bonchev–Trinajstić information content (AvgIpc) is 2.86. The molecule has 31 heavy (non-hydrogen) atoms. The maximum absolute atomic E-state index is 10.7. The number of fused-ring (bicyclic) bond motifs is 2. The van der Waals surface area contributed by atoms with Crippen LogP contribution in [0.3, 0.4) is 0 Å². The Morgan fingerprint density at radius 1 is 1.19 bits per heavy atom. The number of anilines is 2. The molecule has 0 amide bonds. The van der Waals surface area contributed by atoms with Crippen LogP contribution < -0.4 is 10.2 Å². The Bertz CT molecular complexity index is 1090. The van der Waals surface area contributed by atoms with Gasteiger partial charge in [0.25, 0.3) is 0 Å². The monoisotopic (exact) mass is 443 g/mol. The van der Waals surface area contributed by atoms with E-state index in [1.54, 1.807) is 6.07 Å². The molecule has 7 nitrogen and oxygen atoms in total. The van der Waals surface area contributed by atoms with Crippen molar-refractivity contribution < 1.29 is 19.3 Å². The molecule has 1 aliphatic rings. The van der Waals surface area contributed by atoms with Crippen molar-refractivity contribution in [1.29, 1.82) is 0 Å². The number of aliphatic hydroxyl groups is 2. The Morgan fingerprint density at radius 2 is 1.97 bits per heavy atom. The van der Waals surface area contributed by atoms with Gasteiger partial charge >= 0.3 is 0 Å². The van der Waals surface area contributed by atoms with E-state index >= 15 is 0 Å². The molecule has 2 aromatic carbocycles. The molecule has 0 fully saturated rings. The zero-order chi connectivity index (χ0) is 22.2. The van der Waals surface area contributed by atoms with Crippen LogP contribution in [-0.2, 0) is 0 Å². The van der Waals surface area contributed by atoms with E-state index in [9.17, 15) is 19.3 Å². The van der Waals surface area contributed by atoms with Crippen molar-refractivity contribution in [1.82, 2.24) is 4.98 Å². The van der Waals surface area contributed by atoms with Crippen molar-refractivity contribution in [3.63, 3.8) is 0 Å². The quantitative estimate of drug-likeness (QED) is 0.405. The molecule has 4 rings (SSSR count). The summed E-state index contributed by atoms with van der Waals surface area (Å²) in [5.41, 5.74) is 3.60. The number of nitrogens with one attached hydrogen (secondary N) is 1. The van der Waals surface area contributed by atoms with Gasteiger partial charge < -0.3 is 20.4 Å². The average molecular weight is 444 g/mol. The van der Waals surface area contributed by atoms with Gasteiger partial charge in [-0.15, -0.1) is 0 Å². The lowest BCUT2D eigenvalue weighted by molar-refractivity contribution is 0.105. The molecule has 0 bridgehead atoms. The first-order valence-electron chi connectivity index (χ1n) is 10.4.